The molecule has 1 heterocycles. The Hall–Kier alpha value is -2.15. The van der Waals surface area contributed by atoms with Gasteiger partial charge in [0.05, 0.1) is 17.6 Å². The number of carbonyl (C=O) groups excluding carboxylic acids is 1. The predicted molar refractivity (Wildman–Crippen MR) is 81.6 cm³/mol. The zero-order valence-electron chi connectivity index (χ0n) is 11.3. The highest BCUT2D eigenvalue weighted by Gasteiger charge is 2.09. The predicted octanol–water partition coefficient (Wildman–Crippen LogP) is 1.42. The summed E-state index contributed by atoms with van der Waals surface area (Å²) in [7, 11) is 1.89. The SMILES string of the molecule is CCOC(=O)CNC(=S)Nc1nc2ccccc2n1C. The number of anilines is 1. The molecule has 7 heteroatoms. The highest BCUT2D eigenvalue weighted by Crippen LogP contribution is 2.17. The van der Waals surface area contributed by atoms with Crippen molar-refractivity contribution < 1.29 is 9.53 Å². The van der Waals surface area contributed by atoms with Crippen molar-refractivity contribution in [1.29, 1.82) is 0 Å². The smallest absolute Gasteiger partial charge is 0.325 e. The van der Waals surface area contributed by atoms with Gasteiger partial charge in [-0.05, 0) is 31.3 Å². The lowest BCUT2D eigenvalue weighted by molar-refractivity contribution is -0.141. The molecule has 6 nitrogen and oxygen atoms in total. The minimum Gasteiger partial charge on any atom is -0.465 e. The van der Waals surface area contributed by atoms with Gasteiger partial charge in [-0.2, -0.15) is 0 Å². The van der Waals surface area contributed by atoms with Crippen LogP contribution in [0.1, 0.15) is 6.92 Å². The molecule has 0 aliphatic rings. The van der Waals surface area contributed by atoms with Gasteiger partial charge in [0, 0.05) is 7.05 Å². The van der Waals surface area contributed by atoms with Crippen LogP contribution >= 0.6 is 12.2 Å². The van der Waals surface area contributed by atoms with Crippen molar-refractivity contribution in [3.8, 4) is 0 Å². The number of carbonyl (C=O) groups is 1. The lowest BCUT2D eigenvalue weighted by atomic mass is 10.3. The second-order valence-corrected chi connectivity index (χ2v) is 4.50. The second kappa shape index (κ2) is 6.33. The Bertz CT molecular complexity index is 638. The molecule has 1 aromatic carbocycles. The average molecular weight is 292 g/mol. The highest BCUT2D eigenvalue weighted by molar-refractivity contribution is 7.80. The molecular formula is C13H16N4O2S. The molecule has 20 heavy (non-hydrogen) atoms. The van der Waals surface area contributed by atoms with Gasteiger partial charge in [-0.3, -0.25) is 4.79 Å². The van der Waals surface area contributed by atoms with Crippen LogP contribution in [0.25, 0.3) is 11.0 Å². The first-order valence-electron chi connectivity index (χ1n) is 6.23. The van der Waals surface area contributed by atoms with Crippen molar-refractivity contribution >= 4 is 40.3 Å². The summed E-state index contributed by atoms with van der Waals surface area (Å²) in [5.74, 6) is 0.272. The van der Waals surface area contributed by atoms with Crippen LogP contribution in [0, 0.1) is 0 Å². The molecule has 0 bridgehead atoms. The number of nitrogens with zero attached hydrogens (tertiary/aromatic N) is 2. The Morgan fingerprint density at radius 2 is 2.20 bits per heavy atom. The second-order valence-electron chi connectivity index (χ2n) is 4.10. The summed E-state index contributed by atoms with van der Waals surface area (Å²) in [6.07, 6.45) is 0. The molecule has 0 saturated heterocycles. The van der Waals surface area contributed by atoms with E-state index < -0.39 is 0 Å². The van der Waals surface area contributed by atoms with Crippen LogP contribution < -0.4 is 10.6 Å². The van der Waals surface area contributed by atoms with Crippen LogP contribution in [0.15, 0.2) is 24.3 Å². The monoisotopic (exact) mass is 292 g/mol. The molecular weight excluding hydrogens is 276 g/mol. The summed E-state index contributed by atoms with van der Waals surface area (Å²) < 4.78 is 6.70. The number of ether oxygens (including phenoxy) is 1. The molecule has 0 atom stereocenters. The molecule has 0 fully saturated rings. The number of para-hydroxylation sites is 2. The molecule has 2 N–H and O–H groups in total. The van der Waals surface area contributed by atoms with Gasteiger partial charge >= 0.3 is 5.97 Å². The molecule has 0 amide bonds. The van der Waals surface area contributed by atoms with Crippen LogP contribution in [0.2, 0.25) is 0 Å². The zero-order valence-corrected chi connectivity index (χ0v) is 12.2. The van der Waals surface area contributed by atoms with Crippen molar-refractivity contribution in [1.82, 2.24) is 14.9 Å². The Labute approximate surface area is 122 Å². The molecule has 106 valence electrons. The van der Waals surface area contributed by atoms with E-state index in [2.05, 4.69) is 15.6 Å². The summed E-state index contributed by atoms with van der Waals surface area (Å²) in [5, 5.41) is 6.07. The third kappa shape index (κ3) is 3.24. The summed E-state index contributed by atoms with van der Waals surface area (Å²) in [6, 6.07) is 7.78. The fraction of sp³-hybridized carbons (Fsp3) is 0.308. The molecule has 0 saturated carbocycles. The van der Waals surface area contributed by atoms with Gasteiger partial charge in [-0.1, -0.05) is 12.1 Å². The Morgan fingerprint density at radius 3 is 2.90 bits per heavy atom. The average Bonchev–Trinajstić information content (AvgIpc) is 2.74. The van der Waals surface area contributed by atoms with Gasteiger partial charge in [0.1, 0.15) is 6.54 Å². The number of thiocarbonyl (C=S) groups is 1. The van der Waals surface area contributed by atoms with Crippen molar-refractivity contribution in [2.75, 3.05) is 18.5 Å². The van der Waals surface area contributed by atoms with E-state index in [4.69, 9.17) is 17.0 Å². The van der Waals surface area contributed by atoms with E-state index in [-0.39, 0.29) is 12.5 Å². The molecule has 0 unspecified atom stereocenters. The quantitative estimate of drug-likeness (QED) is 0.656. The zero-order chi connectivity index (χ0) is 14.5. The van der Waals surface area contributed by atoms with Crippen LogP contribution in [0.4, 0.5) is 5.95 Å². The normalized spacial score (nSPS) is 10.3. The number of aryl methyl sites for hydroxylation is 1. The van der Waals surface area contributed by atoms with Crippen LogP contribution in [-0.4, -0.2) is 33.8 Å². The maximum absolute atomic E-state index is 11.2. The Balaban J connectivity index is 1.99. The van der Waals surface area contributed by atoms with Crippen molar-refractivity contribution in [3.63, 3.8) is 0 Å². The van der Waals surface area contributed by atoms with Crippen LogP contribution in [-0.2, 0) is 16.6 Å². The lowest BCUT2D eigenvalue weighted by Crippen LogP contribution is -2.34. The van der Waals surface area contributed by atoms with Gasteiger partial charge in [-0.15, -0.1) is 0 Å². The van der Waals surface area contributed by atoms with Crippen LogP contribution in [0.3, 0.4) is 0 Å². The first kappa shape index (κ1) is 14.3. The summed E-state index contributed by atoms with van der Waals surface area (Å²) in [4.78, 5) is 15.6. The topological polar surface area (TPSA) is 68.2 Å². The van der Waals surface area contributed by atoms with Crippen molar-refractivity contribution in [3.05, 3.63) is 24.3 Å². The van der Waals surface area contributed by atoms with Crippen molar-refractivity contribution in [2.45, 2.75) is 6.92 Å². The Kier molecular flexibility index (Phi) is 4.52. The Morgan fingerprint density at radius 1 is 1.45 bits per heavy atom. The number of esters is 1. The van der Waals surface area contributed by atoms with E-state index in [1.54, 1.807) is 6.92 Å². The molecule has 0 aliphatic carbocycles. The van der Waals surface area contributed by atoms with Gasteiger partial charge in [0.15, 0.2) is 5.11 Å². The van der Waals surface area contributed by atoms with E-state index in [0.29, 0.717) is 17.7 Å². The van der Waals surface area contributed by atoms with E-state index in [0.717, 1.165) is 11.0 Å². The number of benzene rings is 1. The number of hydrogen-bond acceptors (Lipinski definition) is 4. The van der Waals surface area contributed by atoms with Gasteiger partial charge in [0.25, 0.3) is 0 Å². The number of rotatable bonds is 4. The van der Waals surface area contributed by atoms with Gasteiger partial charge in [-0.25, -0.2) is 4.98 Å². The first-order chi connectivity index (χ1) is 9.61. The summed E-state index contributed by atoms with van der Waals surface area (Å²) in [6.45, 7) is 2.14. The molecule has 0 aliphatic heterocycles. The standard InChI is InChI=1S/C13H16N4O2S/c1-3-19-11(18)8-14-13(20)16-12-15-9-6-4-5-7-10(9)17(12)2/h4-7H,3,8H2,1-2H3,(H2,14,15,16,20). The molecule has 1 aromatic heterocycles. The van der Waals surface area contributed by atoms with E-state index in [1.165, 1.54) is 0 Å². The maximum Gasteiger partial charge on any atom is 0.325 e. The third-order valence-corrected chi connectivity index (χ3v) is 2.96. The number of fused-ring (bicyclic) bond motifs is 1. The molecule has 0 radical (unpaired) electrons. The fourth-order valence-corrected chi connectivity index (χ4v) is 1.93. The molecule has 0 spiro atoms. The number of aromatic nitrogens is 2. The minimum atomic E-state index is -0.346. The number of nitrogens with one attached hydrogen (secondary N) is 2. The minimum absolute atomic E-state index is 0.0314. The summed E-state index contributed by atoms with van der Waals surface area (Å²) >= 11 is 5.12. The van der Waals surface area contributed by atoms with Gasteiger partial charge < -0.3 is 19.9 Å². The fourth-order valence-electron chi connectivity index (χ4n) is 1.77. The summed E-state index contributed by atoms with van der Waals surface area (Å²) in [5.41, 5.74) is 1.88. The number of hydrogen-bond donors (Lipinski definition) is 2. The third-order valence-electron chi connectivity index (χ3n) is 2.71. The number of imidazole rings is 1. The van der Waals surface area contributed by atoms with E-state index in [1.807, 2.05) is 35.9 Å². The van der Waals surface area contributed by atoms with E-state index >= 15 is 0 Å². The molecule has 2 rings (SSSR count). The van der Waals surface area contributed by atoms with Crippen molar-refractivity contribution in [2.24, 2.45) is 7.05 Å². The van der Waals surface area contributed by atoms with Crippen LogP contribution in [0.5, 0.6) is 0 Å². The first-order valence-corrected chi connectivity index (χ1v) is 6.64. The molecule has 2 aromatic rings. The maximum atomic E-state index is 11.2. The van der Waals surface area contributed by atoms with E-state index in [9.17, 15) is 4.79 Å². The largest absolute Gasteiger partial charge is 0.465 e. The lowest BCUT2D eigenvalue weighted by Gasteiger charge is -2.09. The highest BCUT2D eigenvalue weighted by atomic mass is 32.1. The van der Waals surface area contributed by atoms with Gasteiger partial charge in [0.2, 0.25) is 5.95 Å².